The number of halogens is 1. The first kappa shape index (κ1) is 7.85. The van der Waals surface area contributed by atoms with Crippen LogP contribution in [0.5, 0.6) is 0 Å². The van der Waals surface area contributed by atoms with Gasteiger partial charge in [0.05, 0.1) is 0 Å². The van der Waals surface area contributed by atoms with Crippen LogP contribution >= 0.6 is 15.9 Å². The van der Waals surface area contributed by atoms with Crippen LogP contribution in [0.15, 0.2) is 12.2 Å². The summed E-state index contributed by atoms with van der Waals surface area (Å²) < 4.78 is 0. The molecule has 4 unspecified atom stereocenters. The summed E-state index contributed by atoms with van der Waals surface area (Å²) in [5, 5.41) is 0. The van der Waals surface area contributed by atoms with E-state index in [2.05, 4.69) is 35.0 Å². The molecular formula is C10H15Br. The van der Waals surface area contributed by atoms with Crippen molar-refractivity contribution in [1.82, 2.24) is 0 Å². The lowest BCUT2D eigenvalue weighted by atomic mass is 9.90. The van der Waals surface area contributed by atoms with E-state index in [1.807, 2.05) is 0 Å². The molecule has 11 heavy (non-hydrogen) atoms. The summed E-state index contributed by atoms with van der Waals surface area (Å²) in [5.41, 5.74) is 0. The van der Waals surface area contributed by atoms with Crippen molar-refractivity contribution in [2.45, 2.75) is 31.0 Å². The fourth-order valence-electron chi connectivity index (χ4n) is 2.58. The van der Waals surface area contributed by atoms with Crippen LogP contribution in [0.3, 0.4) is 0 Å². The van der Waals surface area contributed by atoms with E-state index in [1.54, 1.807) is 0 Å². The molecule has 0 N–H and O–H groups in total. The highest BCUT2D eigenvalue weighted by atomic mass is 79.9. The fraction of sp³-hybridized carbons (Fsp3) is 0.800. The van der Waals surface area contributed by atoms with Crippen molar-refractivity contribution in [1.29, 1.82) is 0 Å². The molecule has 4 atom stereocenters. The maximum absolute atomic E-state index is 3.63. The van der Waals surface area contributed by atoms with E-state index in [-0.39, 0.29) is 0 Å². The number of allylic oxidation sites excluding steroid dienone is 2. The third-order valence-electron chi connectivity index (χ3n) is 3.04. The highest BCUT2D eigenvalue weighted by Gasteiger charge is 2.35. The average Bonchev–Trinajstić information content (AvgIpc) is 2.45. The Morgan fingerprint density at radius 2 is 2.27 bits per heavy atom. The summed E-state index contributed by atoms with van der Waals surface area (Å²) in [4.78, 5) is 0.709. The maximum Gasteiger partial charge on any atom is 0.0120 e. The van der Waals surface area contributed by atoms with E-state index in [0.29, 0.717) is 4.83 Å². The molecule has 0 aromatic rings. The van der Waals surface area contributed by atoms with Gasteiger partial charge in [0, 0.05) is 4.83 Å². The van der Waals surface area contributed by atoms with Crippen molar-refractivity contribution in [3.63, 3.8) is 0 Å². The predicted octanol–water partition coefficient (Wildman–Crippen LogP) is 3.37. The standard InChI is InChI=1S/C10H15Br/c1-7(11)4-10-6-8-2-3-9(10)5-8/h2-3,7-10H,4-6H2,1H3. The van der Waals surface area contributed by atoms with Crippen molar-refractivity contribution in [3.05, 3.63) is 12.2 Å². The molecule has 0 aromatic heterocycles. The normalized spacial score (nSPS) is 43.3. The summed E-state index contributed by atoms with van der Waals surface area (Å²) in [7, 11) is 0. The van der Waals surface area contributed by atoms with Crippen LogP contribution in [0.1, 0.15) is 26.2 Å². The van der Waals surface area contributed by atoms with Gasteiger partial charge in [-0.3, -0.25) is 0 Å². The maximum atomic E-state index is 3.63. The molecule has 0 spiro atoms. The Hall–Kier alpha value is 0.220. The minimum Gasteiger partial charge on any atom is -0.0894 e. The molecule has 1 fully saturated rings. The molecule has 0 aliphatic heterocycles. The molecule has 1 heteroatoms. The van der Waals surface area contributed by atoms with Gasteiger partial charge >= 0.3 is 0 Å². The Morgan fingerprint density at radius 3 is 2.73 bits per heavy atom. The van der Waals surface area contributed by atoms with Gasteiger partial charge in [-0.1, -0.05) is 35.0 Å². The van der Waals surface area contributed by atoms with Crippen LogP contribution in [-0.2, 0) is 0 Å². The lowest BCUT2D eigenvalue weighted by Gasteiger charge is -2.18. The van der Waals surface area contributed by atoms with Crippen LogP contribution < -0.4 is 0 Å². The van der Waals surface area contributed by atoms with E-state index < -0.39 is 0 Å². The van der Waals surface area contributed by atoms with Gasteiger partial charge in [0.25, 0.3) is 0 Å². The van der Waals surface area contributed by atoms with Crippen molar-refractivity contribution in [3.8, 4) is 0 Å². The average molecular weight is 215 g/mol. The molecule has 2 rings (SSSR count). The van der Waals surface area contributed by atoms with E-state index in [4.69, 9.17) is 0 Å². The van der Waals surface area contributed by atoms with Gasteiger partial charge in [-0.25, -0.2) is 0 Å². The van der Waals surface area contributed by atoms with E-state index in [1.165, 1.54) is 19.3 Å². The third kappa shape index (κ3) is 1.53. The second kappa shape index (κ2) is 2.93. The number of hydrogen-bond acceptors (Lipinski definition) is 0. The van der Waals surface area contributed by atoms with Crippen molar-refractivity contribution in [2.24, 2.45) is 17.8 Å². The highest BCUT2D eigenvalue weighted by molar-refractivity contribution is 9.09. The minimum absolute atomic E-state index is 0.709. The first-order valence-corrected chi connectivity index (χ1v) is 5.49. The van der Waals surface area contributed by atoms with Crippen LogP contribution in [0.2, 0.25) is 0 Å². The van der Waals surface area contributed by atoms with Crippen LogP contribution in [0, 0.1) is 17.8 Å². The van der Waals surface area contributed by atoms with Gasteiger partial charge < -0.3 is 0 Å². The Balaban J connectivity index is 1.93. The molecule has 0 saturated heterocycles. The number of hydrogen-bond donors (Lipinski definition) is 0. The van der Waals surface area contributed by atoms with E-state index in [9.17, 15) is 0 Å². The van der Waals surface area contributed by atoms with Gasteiger partial charge in [-0.15, -0.1) is 0 Å². The number of alkyl halides is 1. The zero-order valence-electron chi connectivity index (χ0n) is 6.96. The molecule has 0 amide bonds. The largest absolute Gasteiger partial charge is 0.0894 e. The zero-order valence-corrected chi connectivity index (χ0v) is 8.55. The lowest BCUT2D eigenvalue weighted by Crippen LogP contribution is -2.10. The first-order chi connectivity index (χ1) is 5.25. The molecule has 2 aliphatic rings. The third-order valence-corrected chi connectivity index (χ3v) is 3.42. The molecule has 0 aromatic carbocycles. The van der Waals surface area contributed by atoms with Crippen LogP contribution in [-0.4, -0.2) is 4.83 Å². The van der Waals surface area contributed by atoms with Crippen molar-refractivity contribution in [2.75, 3.05) is 0 Å². The van der Waals surface area contributed by atoms with Crippen LogP contribution in [0.25, 0.3) is 0 Å². The van der Waals surface area contributed by atoms with E-state index in [0.717, 1.165) is 17.8 Å². The van der Waals surface area contributed by atoms with Crippen LogP contribution in [0.4, 0.5) is 0 Å². The van der Waals surface area contributed by atoms with Gasteiger partial charge in [0.1, 0.15) is 0 Å². The number of fused-ring (bicyclic) bond motifs is 2. The molecule has 0 heterocycles. The minimum atomic E-state index is 0.709. The van der Waals surface area contributed by atoms with E-state index >= 15 is 0 Å². The summed E-state index contributed by atoms with van der Waals surface area (Å²) in [6, 6.07) is 0. The lowest BCUT2D eigenvalue weighted by molar-refractivity contribution is 0.418. The topological polar surface area (TPSA) is 0 Å². The summed E-state index contributed by atoms with van der Waals surface area (Å²) in [6.07, 6.45) is 9.13. The predicted molar refractivity (Wildman–Crippen MR) is 51.9 cm³/mol. The zero-order chi connectivity index (χ0) is 7.84. The van der Waals surface area contributed by atoms with Crippen molar-refractivity contribution < 1.29 is 0 Å². The summed E-state index contributed by atoms with van der Waals surface area (Å²) >= 11 is 3.63. The molecule has 2 bridgehead atoms. The second-order valence-corrected chi connectivity index (χ2v) is 5.62. The number of rotatable bonds is 2. The van der Waals surface area contributed by atoms with Gasteiger partial charge in [0.15, 0.2) is 0 Å². The molecular weight excluding hydrogens is 200 g/mol. The molecule has 62 valence electrons. The SMILES string of the molecule is CC(Br)CC1CC2C=CC1C2. The second-order valence-electron chi connectivity index (χ2n) is 4.06. The Morgan fingerprint density at radius 1 is 1.45 bits per heavy atom. The van der Waals surface area contributed by atoms with Gasteiger partial charge in [-0.2, -0.15) is 0 Å². The smallest absolute Gasteiger partial charge is 0.0120 e. The molecule has 0 radical (unpaired) electrons. The van der Waals surface area contributed by atoms with Gasteiger partial charge in [0.2, 0.25) is 0 Å². The Bertz CT molecular complexity index is 172. The van der Waals surface area contributed by atoms with Gasteiger partial charge in [-0.05, 0) is 37.0 Å². The van der Waals surface area contributed by atoms with Crippen molar-refractivity contribution >= 4 is 15.9 Å². The molecule has 0 nitrogen and oxygen atoms in total. The summed E-state index contributed by atoms with van der Waals surface area (Å²) in [5.74, 6) is 2.86. The summed E-state index contributed by atoms with van der Waals surface area (Å²) in [6.45, 7) is 2.26. The molecule has 1 saturated carbocycles. The quantitative estimate of drug-likeness (QED) is 0.489. The highest BCUT2D eigenvalue weighted by Crippen LogP contribution is 2.45. The first-order valence-electron chi connectivity index (χ1n) is 4.58. The Kier molecular flexibility index (Phi) is 2.09. The monoisotopic (exact) mass is 214 g/mol. The fourth-order valence-corrected chi connectivity index (χ4v) is 3.06. The molecule has 2 aliphatic carbocycles. The Labute approximate surface area is 77.2 Å².